The van der Waals surface area contributed by atoms with E-state index in [-0.39, 0.29) is 12.5 Å². The number of aliphatic hydroxyl groups is 1. The zero-order valence-corrected chi connectivity index (χ0v) is 12.6. The van der Waals surface area contributed by atoms with Crippen molar-refractivity contribution >= 4 is 5.91 Å². The predicted molar refractivity (Wildman–Crippen MR) is 77.9 cm³/mol. The van der Waals surface area contributed by atoms with Crippen molar-refractivity contribution in [2.24, 2.45) is 5.92 Å². The molecule has 0 bridgehead atoms. The molecule has 0 radical (unpaired) electrons. The van der Waals surface area contributed by atoms with Crippen LogP contribution in [0, 0.1) is 5.92 Å². The molecule has 0 spiro atoms. The minimum atomic E-state index is -4.57. The fourth-order valence-corrected chi connectivity index (χ4v) is 2.69. The zero-order valence-electron chi connectivity index (χ0n) is 12.6. The van der Waals surface area contributed by atoms with Crippen molar-refractivity contribution in [1.29, 1.82) is 0 Å². The van der Waals surface area contributed by atoms with E-state index in [1.54, 1.807) is 0 Å². The van der Waals surface area contributed by atoms with Crippen LogP contribution in [0.3, 0.4) is 0 Å². The second-order valence-electron chi connectivity index (χ2n) is 5.61. The Morgan fingerprint density at radius 1 is 1.30 bits per heavy atom. The van der Waals surface area contributed by atoms with Crippen molar-refractivity contribution in [3.05, 3.63) is 35.4 Å². The average Bonchev–Trinajstić information content (AvgIpc) is 2.54. The number of hydrogen-bond acceptors (Lipinski definition) is 3. The van der Waals surface area contributed by atoms with Gasteiger partial charge in [0, 0.05) is 19.8 Å². The summed E-state index contributed by atoms with van der Waals surface area (Å²) in [5, 5.41) is 12.5. The summed E-state index contributed by atoms with van der Waals surface area (Å²) in [6.45, 7) is 1.34. The average molecular weight is 331 g/mol. The maximum Gasteiger partial charge on any atom is 0.417 e. The topological polar surface area (TPSA) is 58.6 Å². The molecule has 128 valence electrons. The number of alkyl halides is 3. The molecule has 0 aliphatic carbocycles. The largest absolute Gasteiger partial charge is 0.417 e. The van der Waals surface area contributed by atoms with Gasteiger partial charge in [-0.1, -0.05) is 12.1 Å². The Hall–Kier alpha value is -1.60. The number of amides is 1. The normalized spacial score (nSPS) is 17.7. The highest BCUT2D eigenvalue weighted by Gasteiger charge is 2.34. The Kier molecular flexibility index (Phi) is 6.01. The lowest BCUT2D eigenvalue weighted by Gasteiger charge is -2.26. The molecule has 4 nitrogen and oxygen atoms in total. The number of carbonyl (C=O) groups is 1. The Morgan fingerprint density at radius 2 is 1.96 bits per heavy atom. The van der Waals surface area contributed by atoms with Gasteiger partial charge in [0.15, 0.2) is 0 Å². The van der Waals surface area contributed by atoms with E-state index >= 15 is 0 Å². The van der Waals surface area contributed by atoms with Gasteiger partial charge in [0.25, 0.3) is 5.91 Å². The van der Waals surface area contributed by atoms with E-state index in [1.807, 2.05) is 0 Å². The summed E-state index contributed by atoms with van der Waals surface area (Å²) >= 11 is 0. The molecule has 23 heavy (non-hydrogen) atoms. The van der Waals surface area contributed by atoms with Crippen LogP contribution in [0.2, 0.25) is 0 Å². The molecule has 1 saturated heterocycles. The second kappa shape index (κ2) is 7.79. The molecule has 0 aromatic heterocycles. The number of benzene rings is 1. The van der Waals surface area contributed by atoms with Crippen molar-refractivity contribution in [2.75, 3.05) is 19.8 Å². The van der Waals surface area contributed by atoms with E-state index in [9.17, 15) is 23.1 Å². The van der Waals surface area contributed by atoms with Crippen LogP contribution in [0.25, 0.3) is 0 Å². The third kappa shape index (κ3) is 4.94. The lowest BCUT2D eigenvalue weighted by molar-refractivity contribution is -0.137. The van der Waals surface area contributed by atoms with Gasteiger partial charge in [0.1, 0.15) is 0 Å². The van der Waals surface area contributed by atoms with Crippen LogP contribution < -0.4 is 5.32 Å². The van der Waals surface area contributed by atoms with Gasteiger partial charge < -0.3 is 15.2 Å². The van der Waals surface area contributed by atoms with Gasteiger partial charge >= 0.3 is 6.18 Å². The molecule has 1 fully saturated rings. The van der Waals surface area contributed by atoms with Crippen molar-refractivity contribution in [3.8, 4) is 0 Å². The monoisotopic (exact) mass is 331 g/mol. The number of aliphatic hydroxyl groups excluding tert-OH is 1. The highest BCUT2D eigenvalue weighted by molar-refractivity contribution is 5.95. The molecule has 0 saturated carbocycles. The predicted octanol–water partition coefficient (Wildman–Crippen LogP) is 2.61. The molecule has 2 N–H and O–H groups in total. The van der Waals surface area contributed by atoms with Gasteiger partial charge in [-0.25, -0.2) is 0 Å². The van der Waals surface area contributed by atoms with Gasteiger partial charge in [-0.3, -0.25) is 4.79 Å². The summed E-state index contributed by atoms with van der Waals surface area (Å²) in [7, 11) is 0. The highest BCUT2D eigenvalue weighted by atomic mass is 19.4. The first-order valence-electron chi connectivity index (χ1n) is 7.60. The number of hydrogen-bond donors (Lipinski definition) is 2. The molecule has 2 rings (SSSR count). The van der Waals surface area contributed by atoms with E-state index in [0.29, 0.717) is 19.6 Å². The highest BCUT2D eigenvalue weighted by Crippen LogP contribution is 2.31. The van der Waals surface area contributed by atoms with Crippen LogP contribution in [-0.2, 0) is 10.9 Å². The number of carbonyl (C=O) groups excluding carboxylic acids is 1. The van der Waals surface area contributed by atoms with Crippen LogP contribution in [0.4, 0.5) is 13.2 Å². The maximum atomic E-state index is 12.9. The fraction of sp³-hybridized carbons (Fsp3) is 0.562. The Balaban J connectivity index is 1.88. The molecule has 1 amide bonds. The number of halogens is 3. The Labute approximate surface area is 132 Å². The van der Waals surface area contributed by atoms with E-state index in [2.05, 4.69) is 5.32 Å². The van der Waals surface area contributed by atoms with Crippen LogP contribution in [-0.4, -0.2) is 36.9 Å². The first-order valence-corrected chi connectivity index (χ1v) is 7.60. The minimum absolute atomic E-state index is 0.114. The number of ether oxygens (including phenoxy) is 1. The first kappa shape index (κ1) is 17.7. The second-order valence-corrected chi connectivity index (χ2v) is 5.61. The van der Waals surface area contributed by atoms with Crippen molar-refractivity contribution in [1.82, 2.24) is 5.32 Å². The van der Waals surface area contributed by atoms with Gasteiger partial charge in [0.05, 0.1) is 17.2 Å². The number of rotatable bonds is 5. The quantitative estimate of drug-likeness (QED) is 0.872. The third-order valence-electron chi connectivity index (χ3n) is 4.01. The molecule has 1 atom stereocenters. The summed E-state index contributed by atoms with van der Waals surface area (Å²) in [4.78, 5) is 12.0. The van der Waals surface area contributed by atoms with Crippen LogP contribution >= 0.6 is 0 Å². The zero-order chi connectivity index (χ0) is 16.9. The summed E-state index contributed by atoms with van der Waals surface area (Å²) in [6.07, 6.45) is -3.34. The number of nitrogens with one attached hydrogen (secondary N) is 1. The summed E-state index contributed by atoms with van der Waals surface area (Å²) in [6, 6.07) is 4.66. The molecule has 1 aromatic rings. The Bertz CT molecular complexity index is 528. The summed E-state index contributed by atoms with van der Waals surface area (Å²) in [5.74, 6) is -0.666. The maximum absolute atomic E-state index is 12.9. The van der Waals surface area contributed by atoms with Crippen molar-refractivity contribution in [3.63, 3.8) is 0 Å². The fourth-order valence-electron chi connectivity index (χ4n) is 2.69. The Morgan fingerprint density at radius 3 is 2.61 bits per heavy atom. The summed E-state index contributed by atoms with van der Waals surface area (Å²) in [5.41, 5.74) is -1.36. The molecular formula is C16H20F3NO3. The lowest BCUT2D eigenvalue weighted by atomic mass is 9.92. The van der Waals surface area contributed by atoms with Gasteiger partial charge in [-0.15, -0.1) is 0 Å². The lowest BCUT2D eigenvalue weighted by Crippen LogP contribution is -2.33. The molecular weight excluding hydrogens is 311 g/mol. The molecule has 7 heteroatoms. The van der Waals surface area contributed by atoms with Crippen LogP contribution in [0.1, 0.15) is 35.2 Å². The minimum Gasteiger partial charge on any atom is -0.393 e. The van der Waals surface area contributed by atoms with Gasteiger partial charge in [-0.05, 0) is 37.3 Å². The third-order valence-corrected chi connectivity index (χ3v) is 4.01. The molecule has 0 unspecified atom stereocenters. The van der Waals surface area contributed by atoms with E-state index in [0.717, 1.165) is 25.0 Å². The van der Waals surface area contributed by atoms with Crippen molar-refractivity contribution in [2.45, 2.75) is 31.5 Å². The van der Waals surface area contributed by atoms with E-state index in [4.69, 9.17) is 4.74 Å². The first-order chi connectivity index (χ1) is 10.9. The standard InChI is InChI=1S/C16H20F3NO3/c17-16(18,19)13-4-2-1-3-12(13)15(22)20-8-5-14(21)11-6-9-23-10-7-11/h1-4,11,14,21H,5-10H2,(H,20,22)/t14-/m1/s1. The van der Waals surface area contributed by atoms with Crippen LogP contribution in [0.5, 0.6) is 0 Å². The van der Waals surface area contributed by atoms with Crippen molar-refractivity contribution < 1.29 is 27.8 Å². The van der Waals surface area contributed by atoms with E-state index in [1.165, 1.54) is 12.1 Å². The van der Waals surface area contributed by atoms with Crippen LogP contribution in [0.15, 0.2) is 24.3 Å². The molecule has 1 aromatic carbocycles. The molecule has 1 aliphatic rings. The smallest absolute Gasteiger partial charge is 0.393 e. The van der Waals surface area contributed by atoms with E-state index < -0.39 is 29.3 Å². The summed E-state index contributed by atoms with van der Waals surface area (Å²) < 4.78 is 43.8. The SMILES string of the molecule is O=C(NCC[C@@H](O)C1CCOCC1)c1ccccc1C(F)(F)F. The molecule has 1 aliphatic heterocycles. The molecule has 1 heterocycles. The van der Waals surface area contributed by atoms with Gasteiger partial charge in [-0.2, -0.15) is 13.2 Å². The van der Waals surface area contributed by atoms with Gasteiger partial charge in [0.2, 0.25) is 0 Å².